The van der Waals surface area contributed by atoms with Crippen molar-refractivity contribution < 1.29 is 29.4 Å². The number of rotatable bonds is 14. The molecular weight excluding hydrogens is 440 g/mol. The van der Waals surface area contributed by atoms with Gasteiger partial charge in [-0.3, -0.25) is 14.4 Å². The lowest BCUT2D eigenvalue weighted by molar-refractivity contribution is -0.144. The van der Waals surface area contributed by atoms with E-state index in [1.165, 1.54) is 0 Å². The molecule has 6 atom stereocenters. The number of amides is 3. The summed E-state index contributed by atoms with van der Waals surface area (Å²) in [5.41, 5.74) is 6.78. The zero-order valence-corrected chi connectivity index (χ0v) is 20.3. The molecule has 0 aromatic heterocycles. The summed E-state index contributed by atoms with van der Waals surface area (Å²) in [4.78, 5) is 49.9. The van der Waals surface area contributed by atoms with Crippen LogP contribution in [0.25, 0.3) is 0 Å². The maximum absolute atomic E-state index is 13.1. The average Bonchev–Trinajstić information content (AvgIpc) is 2.83. The van der Waals surface area contributed by atoms with Gasteiger partial charge in [0.25, 0.3) is 0 Å². The number of aliphatic hydroxyl groups is 1. The van der Waals surface area contributed by atoms with Crippen LogP contribution in [0.5, 0.6) is 0 Å². The highest BCUT2D eigenvalue weighted by atomic mass is 16.4. The highest BCUT2D eigenvalue weighted by Gasteiger charge is 2.32. The molecule has 0 saturated carbocycles. The van der Waals surface area contributed by atoms with Gasteiger partial charge in [0, 0.05) is 6.42 Å². The summed E-state index contributed by atoms with van der Waals surface area (Å²) in [6.07, 6.45) is 1.32. The van der Waals surface area contributed by atoms with E-state index in [-0.39, 0.29) is 18.3 Å². The van der Waals surface area contributed by atoms with Gasteiger partial charge in [0.15, 0.2) is 0 Å². The molecule has 0 radical (unpaired) electrons. The summed E-state index contributed by atoms with van der Waals surface area (Å²) in [5, 5.41) is 26.6. The molecule has 0 aliphatic heterocycles. The molecule has 1 aromatic carbocycles. The standard InChI is InChI=1S/C24H38N4O6/c1-5-14(3)19(25)23(32)26-17(12-16-10-8-7-9-11-16)21(30)27-18(13-29)22(31)28-20(24(33)34)15(4)6-2/h7-11,14-15,17-20,29H,5-6,12-13,25H2,1-4H3,(H,26,32)(H,27,30)(H,28,31)(H,33,34). The Morgan fingerprint density at radius 3 is 1.88 bits per heavy atom. The quantitative estimate of drug-likeness (QED) is 0.221. The van der Waals surface area contributed by atoms with Gasteiger partial charge in [-0.1, -0.05) is 70.9 Å². The van der Waals surface area contributed by atoms with Crippen molar-refractivity contribution in [1.82, 2.24) is 16.0 Å². The molecule has 0 aliphatic carbocycles. The molecule has 34 heavy (non-hydrogen) atoms. The second-order valence-corrected chi connectivity index (χ2v) is 8.62. The number of aliphatic carboxylic acids is 1. The van der Waals surface area contributed by atoms with Crippen LogP contribution in [0.3, 0.4) is 0 Å². The minimum absolute atomic E-state index is 0.107. The number of hydrogen-bond acceptors (Lipinski definition) is 6. The fraction of sp³-hybridized carbons (Fsp3) is 0.583. The lowest BCUT2D eigenvalue weighted by atomic mass is 9.98. The highest BCUT2D eigenvalue weighted by Crippen LogP contribution is 2.10. The van der Waals surface area contributed by atoms with Crippen LogP contribution in [0, 0.1) is 11.8 Å². The van der Waals surface area contributed by atoms with Gasteiger partial charge in [-0.2, -0.15) is 0 Å². The first-order valence-electron chi connectivity index (χ1n) is 11.6. The molecule has 0 bridgehead atoms. The summed E-state index contributed by atoms with van der Waals surface area (Å²) in [7, 11) is 0. The lowest BCUT2D eigenvalue weighted by Crippen LogP contribution is -2.59. The maximum atomic E-state index is 13.1. The number of hydrogen-bond donors (Lipinski definition) is 6. The predicted molar refractivity (Wildman–Crippen MR) is 128 cm³/mol. The van der Waals surface area contributed by atoms with Crippen molar-refractivity contribution in [2.75, 3.05) is 6.61 Å². The van der Waals surface area contributed by atoms with Gasteiger partial charge in [0.05, 0.1) is 12.6 Å². The first-order valence-corrected chi connectivity index (χ1v) is 11.6. The fourth-order valence-corrected chi connectivity index (χ4v) is 3.24. The topological polar surface area (TPSA) is 171 Å². The van der Waals surface area contributed by atoms with E-state index in [4.69, 9.17) is 5.73 Å². The number of nitrogens with two attached hydrogens (primary N) is 1. The zero-order chi connectivity index (χ0) is 25.8. The van der Waals surface area contributed by atoms with Crippen molar-refractivity contribution in [1.29, 1.82) is 0 Å². The van der Waals surface area contributed by atoms with Crippen LogP contribution in [0.15, 0.2) is 30.3 Å². The Morgan fingerprint density at radius 1 is 0.853 bits per heavy atom. The Labute approximate surface area is 200 Å². The van der Waals surface area contributed by atoms with Gasteiger partial charge >= 0.3 is 5.97 Å². The Bertz CT molecular complexity index is 819. The van der Waals surface area contributed by atoms with Crippen LogP contribution in [-0.2, 0) is 25.6 Å². The van der Waals surface area contributed by atoms with Gasteiger partial charge in [0.1, 0.15) is 18.1 Å². The Hall–Kier alpha value is -2.98. The van der Waals surface area contributed by atoms with Crippen LogP contribution < -0.4 is 21.7 Å². The second-order valence-electron chi connectivity index (χ2n) is 8.62. The van der Waals surface area contributed by atoms with E-state index in [1.54, 1.807) is 38.1 Å². The fourth-order valence-electron chi connectivity index (χ4n) is 3.24. The number of aliphatic hydroxyl groups excluding tert-OH is 1. The lowest BCUT2D eigenvalue weighted by Gasteiger charge is -2.26. The van der Waals surface area contributed by atoms with Crippen molar-refractivity contribution in [2.45, 2.75) is 71.1 Å². The molecule has 6 unspecified atom stereocenters. The molecule has 7 N–H and O–H groups in total. The van der Waals surface area contributed by atoms with E-state index in [1.807, 2.05) is 19.9 Å². The monoisotopic (exact) mass is 478 g/mol. The number of benzene rings is 1. The number of nitrogens with one attached hydrogen (secondary N) is 3. The number of carbonyl (C=O) groups is 4. The molecular formula is C24H38N4O6. The zero-order valence-electron chi connectivity index (χ0n) is 20.3. The molecule has 1 rings (SSSR count). The summed E-state index contributed by atoms with van der Waals surface area (Å²) in [6.45, 7) is 6.46. The van der Waals surface area contributed by atoms with Gasteiger partial charge in [0.2, 0.25) is 17.7 Å². The van der Waals surface area contributed by atoms with Crippen molar-refractivity contribution in [2.24, 2.45) is 17.6 Å². The number of carboxylic acid groups (broad SMARTS) is 1. The largest absolute Gasteiger partial charge is 0.480 e. The Balaban J connectivity index is 3.02. The second kappa shape index (κ2) is 14.3. The average molecular weight is 479 g/mol. The van der Waals surface area contributed by atoms with Crippen LogP contribution in [0.2, 0.25) is 0 Å². The van der Waals surface area contributed by atoms with E-state index in [9.17, 15) is 29.4 Å². The SMILES string of the molecule is CCC(C)C(N)C(=O)NC(Cc1ccccc1)C(=O)NC(CO)C(=O)NC(C(=O)O)C(C)CC. The molecule has 10 heteroatoms. The van der Waals surface area contributed by atoms with Crippen molar-refractivity contribution in [3.8, 4) is 0 Å². The number of carbonyl (C=O) groups excluding carboxylic acids is 3. The van der Waals surface area contributed by atoms with Crippen molar-refractivity contribution in [3.05, 3.63) is 35.9 Å². The van der Waals surface area contributed by atoms with Crippen LogP contribution >= 0.6 is 0 Å². The Kier molecular flexibility index (Phi) is 12.2. The van der Waals surface area contributed by atoms with Gasteiger partial charge in [-0.25, -0.2) is 4.79 Å². The first kappa shape index (κ1) is 29.1. The summed E-state index contributed by atoms with van der Waals surface area (Å²) in [6, 6.07) is 4.55. The molecule has 0 heterocycles. The van der Waals surface area contributed by atoms with Crippen molar-refractivity contribution >= 4 is 23.7 Å². The van der Waals surface area contributed by atoms with Gasteiger partial charge in [-0.15, -0.1) is 0 Å². The predicted octanol–water partition coefficient (Wildman–Crippen LogP) is 0.180. The van der Waals surface area contributed by atoms with Gasteiger partial charge in [-0.05, 0) is 17.4 Å². The maximum Gasteiger partial charge on any atom is 0.326 e. The minimum Gasteiger partial charge on any atom is -0.480 e. The van der Waals surface area contributed by atoms with E-state index < -0.39 is 54.5 Å². The molecule has 3 amide bonds. The molecule has 190 valence electrons. The van der Waals surface area contributed by atoms with E-state index in [2.05, 4.69) is 16.0 Å². The summed E-state index contributed by atoms with van der Waals surface area (Å²) >= 11 is 0. The third kappa shape index (κ3) is 8.75. The van der Waals surface area contributed by atoms with Crippen LogP contribution in [0.4, 0.5) is 0 Å². The smallest absolute Gasteiger partial charge is 0.326 e. The first-order chi connectivity index (χ1) is 16.0. The minimum atomic E-state index is -1.39. The van der Waals surface area contributed by atoms with Crippen molar-refractivity contribution in [3.63, 3.8) is 0 Å². The van der Waals surface area contributed by atoms with Crippen LogP contribution in [0.1, 0.15) is 46.1 Å². The van der Waals surface area contributed by atoms with E-state index in [0.29, 0.717) is 12.8 Å². The van der Waals surface area contributed by atoms with Gasteiger partial charge < -0.3 is 31.9 Å². The molecule has 0 fully saturated rings. The normalized spacial score (nSPS) is 16.3. The third-order valence-electron chi connectivity index (χ3n) is 6.07. The molecule has 0 spiro atoms. The number of carboxylic acids is 1. The molecule has 1 aromatic rings. The third-order valence-corrected chi connectivity index (χ3v) is 6.07. The molecule has 0 saturated heterocycles. The molecule has 0 aliphatic rings. The van der Waals surface area contributed by atoms with E-state index >= 15 is 0 Å². The highest BCUT2D eigenvalue weighted by molar-refractivity contribution is 5.94. The summed E-state index contributed by atoms with van der Waals surface area (Å²) < 4.78 is 0. The van der Waals surface area contributed by atoms with E-state index in [0.717, 1.165) is 5.56 Å². The summed E-state index contributed by atoms with van der Waals surface area (Å²) in [5.74, 6) is -3.70. The van der Waals surface area contributed by atoms with Crippen LogP contribution in [-0.4, -0.2) is 64.7 Å². The Morgan fingerprint density at radius 2 is 1.38 bits per heavy atom. The molecule has 10 nitrogen and oxygen atoms in total.